The van der Waals surface area contributed by atoms with Crippen LogP contribution in [0.5, 0.6) is 0 Å². The summed E-state index contributed by atoms with van der Waals surface area (Å²) in [5.74, 6) is -2.32. The zero-order chi connectivity index (χ0) is 19.0. The number of amides is 3. The molecule has 9 nitrogen and oxygen atoms in total. The number of hydrogen-bond donors (Lipinski definition) is 5. The van der Waals surface area contributed by atoms with Crippen molar-refractivity contribution in [3.8, 4) is 0 Å². The van der Waals surface area contributed by atoms with Crippen molar-refractivity contribution in [1.29, 1.82) is 0 Å². The van der Waals surface area contributed by atoms with E-state index in [1.165, 1.54) is 0 Å². The molecule has 25 heavy (non-hydrogen) atoms. The fourth-order valence-electron chi connectivity index (χ4n) is 2.57. The number of rotatable bonds is 9. The third-order valence-corrected chi connectivity index (χ3v) is 3.88. The van der Waals surface area contributed by atoms with Gasteiger partial charge in [0.25, 0.3) is 0 Å². The van der Waals surface area contributed by atoms with Gasteiger partial charge < -0.3 is 26.4 Å². The molecule has 0 bridgehead atoms. The summed E-state index contributed by atoms with van der Waals surface area (Å²) >= 11 is 0. The van der Waals surface area contributed by atoms with Crippen LogP contribution in [0, 0.1) is 5.92 Å². The number of hydrogen-bond acceptors (Lipinski definition) is 5. The van der Waals surface area contributed by atoms with Crippen molar-refractivity contribution < 1.29 is 24.3 Å². The lowest BCUT2D eigenvalue weighted by atomic mass is 10.0. The van der Waals surface area contributed by atoms with Crippen molar-refractivity contribution in [2.45, 2.75) is 58.2 Å². The van der Waals surface area contributed by atoms with E-state index in [-0.39, 0.29) is 17.9 Å². The Morgan fingerprint density at radius 3 is 2.32 bits per heavy atom. The number of carboxylic acids is 1. The Morgan fingerprint density at radius 1 is 1.12 bits per heavy atom. The van der Waals surface area contributed by atoms with E-state index < -0.39 is 36.4 Å². The first-order valence-corrected chi connectivity index (χ1v) is 8.54. The number of carboxylic acid groups (broad SMARTS) is 1. The van der Waals surface area contributed by atoms with Gasteiger partial charge in [0.05, 0.1) is 6.04 Å². The maximum absolute atomic E-state index is 12.3. The minimum atomic E-state index is -1.16. The van der Waals surface area contributed by atoms with Gasteiger partial charge in [0.15, 0.2) is 0 Å². The molecule has 3 atom stereocenters. The minimum Gasteiger partial charge on any atom is -0.480 e. The molecule has 1 rings (SSSR count). The Morgan fingerprint density at radius 2 is 1.80 bits per heavy atom. The molecule has 1 aliphatic heterocycles. The molecule has 1 fully saturated rings. The molecule has 0 spiro atoms. The summed E-state index contributed by atoms with van der Waals surface area (Å²) in [7, 11) is 0. The first kappa shape index (κ1) is 20.9. The van der Waals surface area contributed by atoms with Crippen LogP contribution in [0.3, 0.4) is 0 Å². The molecule has 3 amide bonds. The number of aliphatic carboxylic acids is 1. The minimum absolute atomic E-state index is 0.119. The second-order valence-corrected chi connectivity index (χ2v) is 6.68. The monoisotopic (exact) mass is 356 g/mol. The molecule has 0 aromatic rings. The lowest BCUT2D eigenvalue weighted by molar-refractivity contribution is -0.138. The molecule has 0 aliphatic carbocycles. The maximum atomic E-state index is 12.3. The predicted molar refractivity (Wildman–Crippen MR) is 90.7 cm³/mol. The van der Waals surface area contributed by atoms with Crippen molar-refractivity contribution in [2.24, 2.45) is 5.92 Å². The zero-order valence-corrected chi connectivity index (χ0v) is 14.9. The normalized spacial score (nSPS) is 19.1. The largest absolute Gasteiger partial charge is 0.480 e. The molecule has 0 saturated carbocycles. The predicted octanol–water partition coefficient (Wildman–Crippen LogP) is -1.03. The molecule has 0 aromatic carbocycles. The first-order valence-electron chi connectivity index (χ1n) is 8.54. The Balaban J connectivity index is 2.58. The van der Waals surface area contributed by atoms with Crippen molar-refractivity contribution >= 4 is 23.7 Å². The second-order valence-electron chi connectivity index (χ2n) is 6.68. The number of carbonyl (C=O) groups is 4. The summed E-state index contributed by atoms with van der Waals surface area (Å²) in [4.78, 5) is 47.0. The Bertz CT molecular complexity index is 503. The fraction of sp³-hybridized carbons (Fsp3) is 0.750. The SMILES string of the molecule is CC(C)CC(NC(=O)C(C)NC(=O)C1CCCN1)C(=O)NCC(=O)O. The van der Waals surface area contributed by atoms with E-state index in [0.29, 0.717) is 6.42 Å². The Kier molecular flexibility index (Phi) is 8.33. The van der Waals surface area contributed by atoms with Gasteiger partial charge in [0.1, 0.15) is 18.6 Å². The summed E-state index contributed by atoms with van der Waals surface area (Å²) in [6.07, 6.45) is 2.01. The van der Waals surface area contributed by atoms with Crippen LogP contribution in [0.4, 0.5) is 0 Å². The lowest BCUT2D eigenvalue weighted by Crippen LogP contribution is -2.55. The summed E-state index contributed by atoms with van der Waals surface area (Å²) in [6.45, 7) is 5.59. The van der Waals surface area contributed by atoms with Crippen LogP contribution >= 0.6 is 0 Å². The van der Waals surface area contributed by atoms with E-state index in [4.69, 9.17) is 5.11 Å². The second kappa shape index (κ2) is 9.97. The van der Waals surface area contributed by atoms with Gasteiger partial charge in [-0.25, -0.2) is 0 Å². The highest BCUT2D eigenvalue weighted by atomic mass is 16.4. The molecular weight excluding hydrogens is 328 g/mol. The highest BCUT2D eigenvalue weighted by Crippen LogP contribution is 2.07. The molecule has 5 N–H and O–H groups in total. The maximum Gasteiger partial charge on any atom is 0.322 e. The van der Waals surface area contributed by atoms with Crippen molar-refractivity contribution in [1.82, 2.24) is 21.3 Å². The van der Waals surface area contributed by atoms with Gasteiger partial charge in [-0.2, -0.15) is 0 Å². The van der Waals surface area contributed by atoms with E-state index in [0.717, 1.165) is 19.4 Å². The molecule has 1 heterocycles. The van der Waals surface area contributed by atoms with Crippen LogP contribution in [-0.2, 0) is 19.2 Å². The molecule has 1 aliphatic rings. The van der Waals surface area contributed by atoms with Crippen LogP contribution in [0.1, 0.15) is 40.0 Å². The fourth-order valence-corrected chi connectivity index (χ4v) is 2.57. The van der Waals surface area contributed by atoms with E-state index in [1.807, 2.05) is 13.8 Å². The van der Waals surface area contributed by atoms with Gasteiger partial charge >= 0.3 is 5.97 Å². The smallest absolute Gasteiger partial charge is 0.322 e. The van der Waals surface area contributed by atoms with Gasteiger partial charge in [-0.05, 0) is 38.6 Å². The van der Waals surface area contributed by atoms with Gasteiger partial charge in [-0.3, -0.25) is 19.2 Å². The van der Waals surface area contributed by atoms with Crippen molar-refractivity contribution in [3.05, 3.63) is 0 Å². The Hall–Kier alpha value is -2.16. The van der Waals surface area contributed by atoms with Crippen LogP contribution in [0.15, 0.2) is 0 Å². The van der Waals surface area contributed by atoms with E-state index in [2.05, 4.69) is 21.3 Å². The van der Waals surface area contributed by atoms with E-state index in [9.17, 15) is 19.2 Å². The molecule has 1 saturated heterocycles. The molecule has 9 heteroatoms. The van der Waals surface area contributed by atoms with Crippen molar-refractivity contribution in [2.75, 3.05) is 13.1 Å². The third kappa shape index (κ3) is 7.51. The highest BCUT2D eigenvalue weighted by molar-refractivity contribution is 5.93. The van der Waals surface area contributed by atoms with E-state index in [1.54, 1.807) is 6.92 Å². The van der Waals surface area contributed by atoms with Crippen LogP contribution in [-0.4, -0.2) is 60.0 Å². The highest BCUT2D eigenvalue weighted by Gasteiger charge is 2.28. The summed E-state index contributed by atoms with van der Waals surface area (Å²) in [6, 6.07) is -1.94. The number of nitrogens with one attached hydrogen (secondary N) is 4. The average molecular weight is 356 g/mol. The zero-order valence-electron chi connectivity index (χ0n) is 14.9. The van der Waals surface area contributed by atoms with Gasteiger partial charge in [0.2, 0.25) is 17.7 Å². The van der Waals surface area contributed by atoms with Gasteiger partial charge in [0, 0.05) is 0 Å². The molecule has 142 valence electrons. The lowest BCUT2D eigenvalue weighted by Gasteiger charge is -2.23. The van der Waals surface area contributed by atoms with Crippen LogP contribution in [0.25, 0.3) is 0 Å². The van der Waals surface area contributed by atoms with Crippen LogP contribution in [0.2, 0.25) is 0 Å². The first-order chi connectivity index (χ1) is 11.7. The van der Waals surface area contributed by atoms with Gasteiger partial charge in [-0.15, -0.1) is 0 Å². The third-order valence-electron chi connectivity index (χ3n) is 3.88. The topological polar surface area (TPSA) is 137 Å². The average Bonchev–Trinajstić information content (AvgIpc) is 3.05. The van der Waals surface area contributed by atoms with Crippen LogP contribution < -0.4 is 21.3 Å². The molecule has 3 unspecified atom stereocenters. The molecule has 0 radical (unpaired) electrons. The summed E-state index contributed by atoms with van der Waals surface area (Å²) < 4.78 is 0. The molecule has 0 aromatic heterocycles. The number of carbonyl (C=O) groups excluding carboxylic acids is 3. The molecular formula is C16H28N4O5. The standard InChI is InChI=1S/C16H28N4O5/c1-9(2)7-12(15(24)18-8-13(21)22)20-14(23)10(3)19-16(25)11-5-4-6-17-11/h9-12,17H,4-8H2,1-3H3,(H,18,24)(H,19,25)(H,20,23)(H,21,22). The van der Waals surface area contributed by atoms with Crippen molar-refractivity contribution in [3.63, 3.8) is 0 Å². The van der Waals surface area contributed by atoms with Gasteiger partial charge in [-0.1, -0.05) is 13.8 Å². The van der Waals surface area contributed by atoms with E-state index >= 15 is 0 Å². The Labute approximate surface area is 147 Å². The summed E-state index contributed by atoms with van der Waals surface area (Å²) in [5, 5.41) is 19.2. The summed E-state index contributed by atoms with van der Waals surface area (Å²) in [5.41, 5.74) is 0. The quantitative estimate of drug-likeness (QED) is 0.358.